The highest BCUT2D eigenvalue weighted by atomic mass is 32.2. The quantitative estimate of drug-likeness (QED) is 0.685. The van der Waals surface area contributed by atoms with Crippen molar-refractivity contribution < 1.29 is 13.2 Å². The second-order valence-corrected chi connectivity index (χ2v) is 11.1. The molecule has 1 aliphatic rings. The van der Waals surface area contributed by atoms with Crippen LogP contribution in [0.15, 0.2) is 41.3 Å². The average Bonchev–Trinajstić information content (AvgIpc) is 3.11. The van der Waals surface area contributed by atoms with E-state index in [0.717, 1.165) is 31.2 Å². The minimum atomic E-state index is -3.40. The predicted octanol–water partition coefficient (Wildman–Crippen LogP) is 3.91. The van der Waals surface area contributed by atoms with Gasteiger partial charge in [-0.2, -0.15) is 4.31 Å². The fraction of sp³-hybridized carbons (Fsp3) is 0.500. The number of thiophene rings is 1. The second kappa shape index (κ2) is 9.87. The lowest BCUT2D eigenvalue weighted by Crippen LogP contribution is -2.35. The van der Waals surface area contributed by atoms with E-state index in [0.29, 0.717) is 30.8 Å². The van der Waals surface area contributed by atoms with Gasteiger partial charge in [0.05, 0.1) is 4.90 Å². The number of piperidine rings is 1. The van der Waals surface area contributed by atoms with Crippen molar-refractivity contribution >= 4 is 27.3 Å². The van der Waals surface area contributed by atoms with Crippen molar-refractivity contribution in [1.29, 1.82) is 0 Å². The zero-order chi connectivity index (χ0) is 20.9. The number of hydrogen-bond acceptors (Lipinski definition) is 4. The molecular weight excluding hydrogens is 404 g/mol. The molecule has 1 aromatic heterocycles. The van der Waals surface area contributed by atoms with Crippen LogP contribution < -0.4 is 5.32 Å². The SMILES string of the molecule is Cc1ccc(CC(C)NC(=O)CCc2ccc(S(=O)(=O)N3CCCCC3)cc2)s1. The first-order valence-electron chi connectivity index (χ1n) is 10.3. The van der Waals surface area contributed by atoms with Gasteiger partial charge in [0.2, 0.25) is 15.9 Å². The van der Waals surface area contributed by atoms with E-state index in [4.69, 9.17) is 0 Å². The maximum absolute atomic E-state index is 12.7. The predicted molar refractivity (Wildman–Crippen MR) is 118 cm³/mol. The highest BCUT2D eigenvalue weighted by molar-refractivity contribution is 7.89. The summed E-state index contributed by atoms with van der Waals surface area (Å²) in [7, 11) is -3.40. The van der Waals surface area contributed by atoms with Crippen LogP contribution in [0.4, 0.5) is 0 Å². The summed E-state index contributed by atoms with van der Waals surface area (Å²) in [4.78, 5) is 15.1. The maximum atomic E-state index is 12.7. The minimum Gasteiger partial charge on any atom is -0.353 e. The van der Waals surface area contributed by atoms with Crippen LogP contribution >= 0.6 is 11.3 Å². The monoisotopic (exact) mass is 434 g/mol. The molecule has 7 heteroatoms. The molecule has 3 rings (SSSR count). The zero-order valence-electron chi connectivity index (χ0n) is 17.2. The lowest BCUT2D eigenvalue weighted by Gasteiger charge is -2.25. The third-order valence-electron chi connectivity index (χ3n) is 5.23. The number of rotatable bonds is 8. The number of benzene rings is 1. The molecule has 0 saturated carbocycles. The van der Waals surface area contributed by atoms with Crippen LogP contribution in [0.25, 0.3) is 0 Å². The van der Waals surface area contributed by atoms with E-state index < -0.39 is 10.0 Å². The molecule has 0 radical (unpaired) electrons. The van der Waals surface area contributed by atoms with Crippen LogP contribution in [-0.4, -0.2) is 37.8 Å². The largest absolute Gasteiger partial charge is 0.353 e. The van der Waals surface area contributed by atoms with Crippen LogP contribution in [0.3, 0.4) is 0 Å². The topological polar surface area (TPSA) is 66.5 Å². The summed E-state index contributed by atoms with van der Waals surface area (Å²) in [5, 5.41) is 3.05. The first kappa shape index (κ1) is 22.0. The molecule has 158 valence electrons. The molecular formula is C22H30N2O3S2. The van der Waals surface area contributed by atoms with Gasteiger partial charge < -0.3 is 5.32 Å². The fourth-order valence-electron chi connectivity index (χ4n) is 3.63. The lowest BCUT2D eigenvalue weighted by atomic mass is 10.1. The zero-order valence-corrected chi connectivity index (χ0v) is 18.8. The first-order chi connectivity index (χ1) is 13.8. The van der Waals surface area contributed by atoms with Gasteiger partial charge >= 0.3 is 0 Å². The van der Waals surface area contributed by atoms with Crippen molar-refractivity contribution in [2.75, 3.05) is 13.1 Å². The molecule has 1 atom stereocenters. The Morgan fingerprint density at radius 2 is 1.79 bits per heavy atom. The van der Waals surface area contributed by atoms with Gasteiger partial charge in [-0.25, -0.2) is 8.42 Å². The molecule has 0 spiro atoms. The van der Waals surface area contributed by atoms with Gasteiger partial charge in [0.25, 0.3) is 0 Å². The molecule has 0 aliphatic carbocycles. The van der Waals surface area contributed by atoms with E-state index in [9.17, 15) is 13.2 Å². The summed E-state index contributed by atoms with van der Waals surface area (Å²) in [6.45, 7) is 5.31. The van der Waals surface area contributed by atoms with Gasteiger partial charge in [-0.1, -0.05) is 18.6 Å². The molecule has 29 heavy (non-hydrogen) atoms. The summed E-state index contributed by atoms with van der Waals surface area (Å²) >= 11 is 1.76. The molecule has 1 N–H and O–H groups in total. The highest BCUT2D eigenvalue weighted by Crippen LogP contribution is 2.21. The molecule has 1 unspecified atom stereocenters. The van der Waals surface area contributed by atoms with Gasteiger partial charge in [-0.05, 0) is 62.9 Å². The molecule has 1 fully saturated rings. The number of nitrogens with one attached hydrogen (secondary N) is 1. The van der Waals surface area contributed by atoms with Crippen molar-refractivity contribution in [1.82, 2.24) is 9.62 Å². The van der Waals surface area contributed by atoms with Crippen molar-refractivity contribution in [2.24, 2.45) is 0 Å². The summed E-state index contributed by atoms with van der Waals surface area (Å²) < 4.78 is 27.0. The van der Waals surface area contributed by atoms with Gasteiger partial charge in [0.1, 0.15) is 0 Å². The molecule has 1 saturated heterocycles. The van der Waals surface area contributed by atoms with E-state index in [1.807, 2.05) is 19.1 Å². The Hall–Kier alpha value is -1.70. The number of hydrogen-bond donors (Lipinski definition) is 1. The molecule has 0 bridgehead atoms. The summed E-state index contributed by atoms with van der Waals surface area (Å²) in [5.41, 5.74) is 0.972. The molecule has 5 nitrogen and oxygen atoms in total. The summed E-state index contributed by atoms with van der Waals surface area (Å²) in [5.74, 6) is 0.0239. The van der Waals surface area contributed by atoms with Crippen molar-refractivity contribution in [3.63, 3.8) is 0 Å². The van der Waals surface area contributed by atoms with E-state index >= 15 is 0 Å². The Bertz CT molecular complexity index is 914. The van der Waals surface area contributed by atoms with Crippen LogP contribution in [0.5, 0.6) is 0 Å². The Balaban J connectivity index is 1.48. The number of carbonyl (C=O) groups excluding carboxylic acids is 1. The van der Waals surface area contributed by atoms with Crippen LogP contribution in [0, 0.1) is 6.92 Å². The van der Waals surface area contributed by atoms with Gasteiger partial charge in [0.15, 0.2) is 0 Å². The molecule has 2 heterocycles. The fourth-order valence-corrected chi connectivity index (χ4v) is 6.17. The summed E-state index contributed by atoms with van der Waals surface area (Å²) in [6, 6.07) is 11.3. The number of sulfonamides is 1. The summed E-state index contributed by atoms with van der Waals surface area (Å²) in [6.07, 6.45) is 4.78. The highest BCUT2D eigenvalue weighted by Gasteiger charge is 2.25. The van der Waals surface area contributed by atoms with Gasteiger partial charge in [0, 0.05) is 41.7 Å². The van der Waals surface area contributed by atoms with Crippen molar-refractivity contribution in [3.05, 3.63) is 51.7 Å². The first-order valence-corrected chi connectivity index (χ1v) is 12.5. The van der Waals surface area contributed by atoms with Crippen molar-refractivity contribution in [3.8, 4) is 0 Å². The van der Waals surface area contributed by atoms with Gasteiger partial charge in [-0.15, -0.1) is 11.3 Å². The van der Waals surface area contributed by atoms with Crippen molar-refractivity contribution in [2.45, 2.75) is 63.3 Å². The number of amides is 1. The Morgan fingerprint density at radius 1 is 1.10 bits per heavy atom. The number of nitrogens with zero attached hydrogens (tertiary/aromatic N) is 1. The average molecular weight is 435 g/mol. The maximum Gasteiger partial charge on any atom is 0.243 e. The molecule has 1 aliphatic heterocycles. The van der Waals surface area contributed by atoms with E-state index in [2.05, 4.69) is 24.4 Å². The van der Waals surface area contributed by atoms with Crippen LogP contribution in [-0.2, 0) is 27.7 Å². The molecule has 1 amide bonds. The lowest BCUT2D eigenvalue weighted by molar-refractivity contribution is -0.121. The minimum absolute atomic E-state index is 0.0239. The molecule has 1 aromatic carbocycles. The van der Waals surface area contributed by atoms with E-state index in [1.54, 1.807) is 27.8 Å². The van der Waals surface area contributed by atoms with E-state index in [1.165, 1.54) is 9.75 Å². The van der Waals surface area contributed by atoms with Crippen LogP contribution in [0.2, 0.25) is 0 Å². The van der Waals surface area contributed by atoms with Gasteiger partial charge in [-0.3, -0.25) is 4.79 Å². The molecule has 2 aromatic rings. The van der Waals surface area contributed by atoms with E-state index in [-0.39, 0.29) is 11.9 Å². The Labute approximate surface area is 178 Å². The van der Waals surface area contributed by atoms with Crippen LogP contribution in [0.1, 0.15) is 47.9 Å². The standard InChI is InChI=1S/C22H30N2O3S2/c1-17(16-20-10-6-18(2)28-20)23-22(25)13-9-19-7-11-21(12-8-19)29(26,27)24-14-4-3-5-15-24/h6-8,10-12,17H,3-5,9,13-16H2,1-2H3,(H,23,25). The second-order valence-electron chi connectivity index (χ2n) is 7.79. The smallest absolute Gasteiger partial charge is 0.243 e. The number of aryl methyl sites for hydroxylation is 2. The Kier molecular flexibility index (Phi) is 7.49. The third-order valence-corrected chi connectivity index (χ3v) is 8.16. The number of carbonyl (C=O) groups is 1. The Morgan fingerprint density at radius 3 is 2.41 bits per heavy atom. The third kappa shape index (κ3) is 6.14. The normalized spacial score (nSPS) is 16.5.